The predicted molar refractivity (Wildman–Crippen MR) is 51.2 cm³/mol. The molecule has 0 aliphatic rings. The molecule has 3 heteroatoms. The molecule has 0 aromatic rings. The van der Waals surface area contributed by atoms with Crippen LogP contribution in [-0.4, -0.2) is 23.8 Å². The van der Waals surface area contributed by atoms with Gasteiger partial charge < -0.3 is 9.84 Å². The van der Waals surface area contributed by atoms with Crippen molar-refractivity contribution in [2.24, 2.45) is 5.92 Å². The van der Waals surface area contributed by atoms with Crippen LogP contribution in [0.5, 0.6) is 0 Å². The summed E-state index contributed by atoms with van der Waals surface area (Å²) in [7, 11) is 0. The molecule has 0 spiro atoms. The molecule has 2 atom stereocenters. The predicted octanol–water partition coefficient (Wildman–Crippen LogP) is 1.51. The normalized spacial score (nSPS) is 14.8. The minimum atomic E-state index is -0.576. The molecule has 3 nitrogen and oxygen atoms in total. The molecule has 0 aliphatic carbocycles. The second-order valence-electron chi connectivity index (χ2n) is 3.33. The van der Waals surface area contributed by atoms with Crippen molar-refractivity contribution in [1.82, 2.24) is 0 Å². The van der Waals surface area contributed by atoms with E-state index in [1.165, 1.54) is 0 Å². The Hall–Kier alpha value is -0.830. The molecule has 0 rings (SSSR count). The van der Waals surface area contributed by atoms with Crippen LogP contribution in [0.2, 0.25) is 0 Å². The average Bonchev–Trinajstić information content (AvgIpc) is 2.11. The molecule has 0 bridgehead atoms. The van der Waals surface area contributed by atoms with Crippen LogP contribution in [-0.2, 0) is 9.53 Å². The van der Waals surface area contributed by atoms with Crippen LogP contribution in [0.3, 0.4) is 0 Å². The third-order valence-corrected chi connectivity index (χ3v) is 2.03. The molecule has 76 valence electrons. The minimum Gasteiger partial charge on any atom is -0.460 e. The maximum absolute atomic E-state index is 10.9. The summed E-state index contributed by atoms with van der Waals surface area (Å²) in [6.07, 6.45) is 0.291. The van der Waals surface area contributed by atoms with Crippen molar-refractivity contribution in [3.05, 3.63) is 12.2 Å². The lowest BCUT2D eigenvalue weighted by molar-refractivity contribution is -0.142. The molecule has 0 amide bonds. The lowest BCUT2D eigenvalue weighted by Gasteiger charge is -2.16. The van der Waals surface area contributed by atoms with E-state index >= 15 is 0 Å². The number of carbonyl (C=O) groups is 1. The fraction of sp³-hybridized carbons (Fsp3) is 0.700. The lowest BCUT2D eigenvalue weighted by atomic mass is 10.0. The molecule has 0 saturated carbocycles. The Bertz CT molecular complexity index is 187. The number of aliphatic hydroxyl groups excluding tert-OH is 1. The van der Waals surface area contributed by atoms with Crippen LogP contribution in [0.15, 0.2) is 12.2 Å². The van der Waals surface area contributed by atoms with Gasteiger partial charge in [-0.3, -0.25) is 0 Å². The van der Waals surface area contributed by atoms with Gasteiger partial charge in [-0.05, 0) is 12.8 Å². The SMILES string of the molecule is C=C(C)C(=O)OCC(O)C(C)CC. The molecular formula is C10H18O3. The summed E-state index contributed by atoms with van der Waals surface area (Å²) in [6, 6.07) is 0. The molecule has 0 aromatic heterocycles. The first-order valence-electron chi connectivity index (χ1n) is 4.49. The van der Waals surface area contributed by atoms with E-state index in [2.05, 4.69) is 6.58 Å². The monoisotopic (exact) mass is 186 g/mol. The van der Waals surface area contributed by atoms with Gasteiger partial charge in [0.05, 0.1) is 6.10 Å². The maximum Gasteiger partial charge on any atom is 0.333 e. The van der Waals surface area contributed by atoms with Gasteiger partial charge in [0.1, 0.15) is 6.61 Å². The van der Waals surface area contributed by atoms with Gasteiger partial charge in [0, 0.05) is 5.57 Å². The molecule has 0 fully saturated rings. The van der Waals surface area contributed by atoms with E-state index in [4.69, 9.17) is 4.74 Å². The zero-order valence-electron chi connectivity index (χ0n) is 8.54. The van der Waals surface area contributed by atoms with E-state index in [1.807, 2.05) is 13.8 Å². The highest BCUT2D eigenvalue weighted by Crippen LogP contribution is 2.08. The third-order valence-electron chi connectivity index (χ3n) is 2.03. The van der Waals surface area contributed by atoms with Crippen LogP contribution in [0.25, 0.3) is 0 Å². The average molecular weight is 186 g/mol. The number of ether oxygens (including phenoxy) is 1. The van der Waals surface area contributed by atoms with Gasteiger partial charge in [-0.1, -0.05) is 26.8 Å². The zero-order chi connectivity index (χ0) is 10.4. The topological polar surface area (TPSA) is 46.5 Å². The van der Waals surface area contributed by atoms with Crippen molar-refractivity contribution >= 4 is 5.97 Å². The Balaban J connectivity index is 3.76. The van der Waals surface area contributed by atoms with Crippen molar-refractivity contribution < 1.29 is 14.6 Å². The quantitative estimate of drug-likeness (QED) is 0.523. The largest absolute Gasteiger partial charge is 0.460 e. The minimum absolute atomic E-state index is 0.0563. The van der Waals surface area contributed by atoms with E-state index in [1.54, 1.807) is 6.92 Å². The number of carbonyl (C=O) groups excluding carboxylic acids is 1. The van der Waals surface area contributed by atoms with Crippen molar-refractivity contribution in [3.8, 4) is 0 Å². The second-order valence-corrected chi connectivity index (χ2v) is 3.33. The standard InChI is InChI=1S/C10H18O3/c1-5-8(4)9(11)6-13-10(12)7(2)3/h8-9,11H,2,5-6H2,1,3-4H3. The number of rotatable bonds is 5. The Kier molecular flexibility index (Phi) is 5.39. The first-order chi connectivity index (χ1) is 5.99. The van der Waals surface area contributed by atoms with Crippen LogP contribution in [0.4, 0.5) is 0 Å². The first kappa shape index (κ1) is 12.2. The van der Waals surface area contributed by atoms with E-state index in [0.717, 1.165) is 6.42 Å². The van der Waals surface area contributed by atoms with Gasteiger partial charge >= 0.3 is 5.97 Å². The molecule has 2 unspecified atom stereocenters. The van der Waals surface area contributed by atoms with Crippen LogP contribution >= 0.6 is 0 Å². The fourth-order valence-corrected chi connectivity index (χ4v) is 0.721. The lowest BCUT2D eigenvalue weighted by Crippen LogP contribution is -2.25. The van der Waals surface area contributed by atoms with Gasteiger partial charge in [0.15, 0.2) is 0 Å². The van der Waals surface area contributed by atoms with Crippen LogP contribution in [0.1, 0.15) is 27.2 Å². The Morgan fingerprint density at radius 3 is 2.54 bits per heavy atom. The molecular weight excluding hydrogens is 168 g/mol. The maximum atomic E-state index is 10.9. The highest BCUT2D eigenvalue weighted by atomic mass is 16.5. The zero-order valence-corrected chi connectivity index (χ0v) is 8.54. The molecule has 0 aliphatic heterocycles. The van der Waals surface area contributed by atoms with Crippen molar-refractivity contribution in [1.29, 1.82) is 0 Å². The molecule has 0 saturated heterocycles. The van der Waals surface area contributed by atoms with Crippen LogP contribution in [0, 0.1) is 5.92 Å². The Labute approximate surface area is 79.4 Å². The van der Waals surface area contributed by atoms with Crippen molar-refractivity contribution in [2.45, 2.75) is 33.3 Å². The summed E-state index contributed by atoms with van der Waals surface area (Å²) in [5, 5.41) is 9.44. The number of hydrogen-bond acceptors (Lipinski definition) is 3. The van der Waals surface area contributed by atoms with Gasteiger partial charge in [-0.15, -0.1) is 0 Å². The summed E-state index contributed by atoms with van der Waals surface area (Å²) >= 11 is 0. The molecule has 13 heavy (non-hydrogen) atoms. The van der Waals surface area contributed by atoms with Crippen molar-refractivity contribution in [3.63, 3.8) is 0 Å². The number of hydrogen-bond donors (Lipinski definition) is 1. The molecule has 0 radical (unpaired) electrons. The first-order valence-corrected chi connectivity index (χ1v) is 4.49. The summed E-state index contributed by atoms with van der Waals surface area (Å²) < 4.78 is 4.80. The summed E-state index contributed by atoms with van der Waals surface area (Å²) in [5.74, 6) is -0.291. The van der Waals surface area contributed by atoms with Gasteiger partial charge in [-0.25, -0.2) is 4.79 Å². The summed E-state index contributed by atoms with van der Waals surface area (Å²) in [6.45, 7) is 8.98. The third kappa shape index (κ3) is 4.68. The Morgan fingerprint density at radius 1 is 1.62 bits per heavy atom. The number of esters is 1. The van der Waals surface area contributed by atoms with Gasteiger partial charge in [0.25, 0.3) is 0 Å². The highest BCUT2D eigenvalue weighted by Gasteiger charge is 2.14. The van der Waals surface area contributed by atoms with Crippen LogP contribution < -0.4 is 0 Å². The molecule has 0 aromatic carbocycles. The highest BCUT2D eigenvalue weighted by molar-refractivity contribution is 5.86. The number of aliphatic hydroxyl groups is 1. The van der Waals surface area contributed by atoms with E-state index in [0.29, 0.717) is 5.57 Å². The van der Waals surface area contributed by atoms with Gasteiger partial charge in [-0.2, -0.15) is 0 Å². The smallest absolute Gasteiger partial charge is 0.333 e. The molecule has 0 heterocycles. The van der Waals surface area contributed by atoms with Gasteiger partial charge in [0.2, 0.25) is 0 Å². The van der Waals surface area contributed by atoms with E-state index in [-0.39, 0.29) is 12.5 Å². The molecule has 1 N–H and O–H groups in total. The van der Waals surface area contributed by atoms with Crippen molar-refractivity contribution in [2.75, 3.05) is 6.61 Å². The van der Waals surface area contributed by atoms with E-state index < -0.39 is 12.1 Å². The summed E-state index contributed by atoms with van der Waals surface area (Å²) in [5.41, 5.74) is 0.358. The van der Waals surface area contributed by atoms with E-state index in [9.17, 15) is 9.90 Å². The second kappa shape index (κ2) is 5.75. The summed E-state index contributed by atoms with van der Waals surface area (Å²) in [4.78, 5) is 10.9. The Morgan fingerprint density at radius 2 is 2.15 bits per heavy atom. The fourth-order valence-electron chi connectivity index (χ4n) is 0.721.